The molecule has 1 aliphatic carbocycles. The lowest BCUT2D eigenvalue weighted by atomic mass is 9.82. The minimum Gasteiger partial charge on any atom is -0.348 e. The van der Waals surface area contributed by atoms with Crippen LogP contribution in [-0.2, 0) is 13.0 Å². The number of nitrogens with one attached hydrogen (secondary N) is 2. The van der Waals surface area contributed by atoms with Gasteiger partial charge in [0.05, 0.1) is 0 Å². The van der Waals surface area contributed by atoms with Gasteiger partial charge in [-0.1, -0.05) is 25.3 Å². The first-order valence-electron chi connectivity index (χ1n) is 8.66. The van der Waals surface area contributed by atoms with Gasteiger partial charge in [0.15, 0.2) is 0 Å². The van der Waals surface area contributed by atoms with Gasteiger partial charge < -0.3 is 10.3 Å². The molecule has 0 saturated heterocycles. The number of pyridine rings is 1. The molecule has 1 aromatic carbocycles. The minimum absolute atomic E-state index is 0.0257. The normalized spacial score (nSPS) is 16.9. The van der Waals surface area contributed by atoms with E-state index in [-0.39, 0.29) is 5.91 Å². The van der Waals surface area contributed by atoms with Crippen LogP contribution in [0.5, 0.6) is 0 Å². The zero-order valence-corrected chi connectivity index (χ0v) is 13.4. The molecule has 1 aliphatic heterocycles. The molecule has 4 heteroatoms. The van der Waals surface area contributed by atoms with Crippen molar-refractivity contribution in [1.29, 1.82) is 0 Å². The number of aromatic amines is 1. The molecule has 3 aromatic rings. The van der Waals surface area contributed by atoms with Crippen LogP contribution in [0.1, 0.15) is 40.9 Å². The number of amides is 1. The molecular weight excluding hydrogens is 298 g/mol. The second kappa shape index (κ2) is 5.20. The molecule has 2 aliphatic rings. The lowest BCUT2D eigenvalue weighted by Crippen LogP contribution is -2.14. The van der Waals surface area contributed by atoms with Gasteiger partial charge in [-0.15, -0.1) is 0 Å². The molecule has 4 nitrogen and oxygen atoms in total. The molecule has 0 radical (unpaired) electrons. The summed E-state index contributed by atoms with van der Waals surface area (Å²) < 4.78 is 0. The number of carbonyl (C=O) groups excluding carboxylic acids is 1. The first kappa shape index (κ1) is 13.8. The summed E-state index contributed by atoms with van der Waals surface area (Å²) in [7, 11) is 0. The van der Waals surface area contributed by atoms with Crippen LogP contribution in [-0.4, -0.2) is 15.9 Å². The number of aromatic nitrogens is 2. The third-order valence-electron chi connectivity index (χ3n) is 5.42. The van der Waals surface area contributed by atoms with Gasteiger partial charge in [-0.25, -0.2) is 4.98 Å². The summed E-state index contributed by atoms with van der Waals surface area (Å²) >= 11 is 0. The number of H-pyrrole nitrogens is 1. The zero-order chi connectivity index (χ0) is 16.1. The van der Waals surface area contributed by atoms with E-state index in [1.807, 2.05) is 18.3 Å². The summed E-state index contributed by atoms with van der Waals surface area (Å²) in [5, 5.41) is 4.02. The summed E-state index contributed by atoms with van der Waals surface area (Å²) in [6.07, 6.45) is 7.18. The number of nitrogens with zero attached hydrogens (tertiary/aromatic N) is 1. The molecule has 2 aromatic heterocycles. The largest absolute Gasteiger partial charge is 0.348 e. The zero-order valence-electron chi connectivity index (χ0n) is 13.4. The summed E-state index contributed by atoms with van der Waals surface area (Å²) in [6.45, 7) is 0.619. The van der Waals surface area contributed by atoms with Crippen molar-refractivity contribution in [2.24, 2.45) is 5.92 Å². The SMILES string of the molecule is O=C1NCc2cc(-c3c[nH]c4nc(CC5CCC5)ccc34)ccc21. The smallest absolute Gasteiger partial charge is 0.251 e. The summed E-state index contributed by atoms with van der Waals surface area (Å²) in [5.41, 5.74) is 6.28. The predicted molar refractivity (Wildman–Crippen MR) is 93.7 cm³/mol. The fourth-order valence-corrected chi connectivity index (χ4v) is 3.79. The second-order valence-corrected chi connectivity index (χ2v) is 6.96. The highest BCUT2D eigenvalue weighted by atomic mass is 16.1. The number of carbonyl (C=O) groups is 1. The van der Waals surface area contributed by atoms with Crippen LogP contribution in [0.15, 0.2) is 36.5 Å². The lowest BCUT2D eigenvalue weighted by molar-refractivity contribution is 0.0966. The van der Waals surface area contributed by atoms with Crippen molar-refractivity contribution in [1.82, 2.24) is 15.3 Å². The Labute approximate surface area is 140 Å². The van der Waals surface area contributed by atoms with Crippen molar-refractivity contribution in [2.75, 3.05) is 0 Å². The van der Waals surface area contributed by atoms with E-state index in [4.69, 9.17) is 4.98 Å². The maximum atomic E-state index is 11.7. The van der Waals surface area contributed by atoms with Gasteiger partial charge in [-0.2, -0.15) is 0 Å². The van der Waals surface area contributed by atoms with Crippen LogP contribution in [0.25, 0.3) is 22.2 Å². The Kier molecular flexibility index (Phi) is 2.98. The van der Waals surface area contributed by atoms with E-state index in [0.717, 1.165) is 45.6 Å². The van der Waals surface area contributed by atoms with E-state index in [1.165, 1.54) is 25.0 Å². The molecule has 0 spiro atoms. The molecule has 24 heavy (non-hydrogen) atoms. The number of benzene rings is 1. The Morgan fingerprint density at radius 3 is 2.88 bits per heavy atom. The van der Waals surface area contributed by atoms with Crippen LogP contribution < -0.4 is 5.32 Å². The van der Waals surface area contributed by atoms with Crippen LogP contribution in [0, 0.1) is 5.92 Å². The monoisotopic (exact) mass is 317 g/mol. The molecule has 0 bridgehead atoms. The first-order valence-corrected chi connectivity index (χ1v) is 8.66. The van der Waals surface area contributed by atoms with Gasteiger partial charge in [0.2, 0.25) is 0 Å². The highest BCUT2D eigenvalue weighted by Gasteiger charge is 2.20. The Balaban J connectivity index is 1.52. The minimum atomic E-state index is 0.0257. The number of fused-ring (bicyclic) bond motifs is 2. The molecular formula is C20H19N3O. The van der Waals surface area contributed by atoms with Crippen molar-refractivity contribution >= 4 is 16.9 Å². The van der Waals surface area contributed by atoms with Crippen LogP contribution in [0.3, 0.4) is 0 Å². The highest BCUT2D eigenvalue weighted by Crippen LogP contribution is 2.32. The van der Waals surface area contributed by atoms with E-state index >= 15 is 0 Å². The molecule has 0 unspecified atom stereocenters. The molecule has 1 amide bonds. The third kappa shape index (κ3) is 2.13. The molecule has 2 N–H and O–H groups in total. The Bertz CT molecular complexity index is 953. The fourth-order valence-electron chi connectivity index (χ4n) is 3.79. The molecule has 120 valence electrons. The van der Waals surface area contributed by atoms with Gasteiger partial charge in [0.25, 0.3) is 5.91 Å². The molecule has 1 saturated carbocycles. The second-order valence-electron chi connectivity index (χ2n) is 6.96. The molecule has 0 atom stereocenters. The van der Waals surface area contributed by atoms with Gasteiger partial charge in [-0.3, -0.25) is 4.79 Å². The van der Waals surface area contributed by atoms with Crippen molar-refractivity contribution in [3.8, 4) is 11.1 Å². The molecule has 3 heterocycles. The summed E-state index contributed by atoms with van der Waals surface area (Å²) in [5.74, 6) is 0.851. The maximum absolute atomic E-state index is 11.7. The number of rotatable bonds is 3. The van der Waals surface area contributed by atoms with Gasteiger partial charge in [0, 0.05) is 34.9 Å². The Morgan fingerprint density at radius 2 is 2.04 bits per heavy atom. The highest BCUT2D eigenvalue weighted by molar-refractivity contribution is 6.00. The summed E-state index contributed by atoms with van der Waals surface area (Å²) in [4.78, 5) is 19.8. The van der Waals surface area contributed by atoms with E-state index < -0.39 is 0 Å². The summed E-state index contributed by atoms with van der Waals surface area (Å²) in [6, 6.07) is 10.4. The van der Waals surface area contributed by atoms with Gasteiger partial charge in [0.1, 0.15) is 5.65 Å². The number of hydrogen-bond donors (Lipinski definition) is 2. The fraction of sp³-hybridized carbons (Fsp3) is 0.300. The van der Waals surface area contributed by atoms with E-state index in [2.05, 4.69) is 28.5 Å². The van der Waals surface area contributed by atoms with Crippen molar-refractivity contribution < 1.29 is 4.79 Å². The average molecular weight is 317 g/mol. The van der Waals surface area contributed by atoms with E-state index in [1.54, 1.807) is 0 Å². The van der Waals surface area contributed by atoms with Crippen LogP contribution >= 0.6 is 0 Å². The maximum Gasteiger partial charge on any atom is 0.251 e. The average Bonchev–Trinajstić information content (AvgIpc) is 3.14. The quantitative estimate of drug-likeness (QED) is 0.771. The standard InChI is InChI=1S/C20H19N3O/c24-20-16-6-4-13(9-14(16)10-22-20)18-11-21-19-17(18)7-5-15(23-19)8-12-2-1-3-12/h4-7,9,11-12H,1-3,8,10H2,(H,21,23)(H,22,24). The lowest BCUT2D eigenvalue weighted by Gasteiger charge is -2.24. The van der Waals surface area contributed by atoms with Crippen LogP contribution in [0.2, 0.25) is 0 Å². The van der Waals surface area contributed by atoms with E-state index in [0.29, 0.717) is 6.54 Å². The topological polar surface area (TPSA) is 57.8 Å². The molecule has 1 fully saturated rings. The first-order chi connectivity index (χ1) is 11.8. The predicted octanol–water partition coefficient (Wildman–Crippen LogP) is 3.82. The van der Waals surface area contributed by atoms with Crippen molar-refractivity contribution in [2.45, 2.75) is 32.2 Å². The van der Waals surface area contributed by atoms with Gasteiger partial charge in [-0.05, 0) is 47.7 Å². The third-order valence-corrected chi connectivity index (χ3v) is 5.42. The van der Waals surface area contributed by atoms with Gasteiger partial charge >= 0.3 is 0 Å². The Hall–Kier alpha value is -2.62. The number of hydrogen-bond acceptors (Lipinski definition) is 2. The van der Waals surface area contributed by atoms with Crippen LogP contribution in [0.4, 0.5) is 0 Å². The van der Waals surface area contributed by atoms with Crippen molar-refractivity contribution in [3.63, 3.8) is 0 Å². The Morgan fingerprint density at radius 1 is 1.12 bits per heavy atom. The van der Waals surface area contributed by atoms with E-state index in [9.17, 15) is 4.79 Å². The molecule has 5 rings (SSSR count). The van der Waals surface area contributed by atoms with Crippen molar-refractivity contribution in [3.05, 3.63) is 53.3 Å².